The number of amides is 2. The van der Waals surface area contributed by atoms with Gasteiger partial charge < -0.3 is 15.0 Å². The van der Waals surface area contributed by atoms with Crippen molar-refractivity contribution in [3.8, 4) is 11.4 Å². The molecule has 2 amide bonds. The summed E-state index contributed by atoms with van der Waals surface area (Å²) in [6.07, 6.45) is 0. The summed E-state index contributed by atoms with van der Waals surface area (Å²) in [4.78, 5) is 34.0. The fourth-order valence-corrected chi connectivity index (χ4v) is 4.66. The summed E-state index contributed by atoms with van der Waals surface area (Å²) < 4.78 is 7.10. The Kier molecular flexibility index (Phi) is 8.05. The van der Waals surface area contributed by atoms with E-state index in [2.05, 4.69) is 5.32 Å². The zero-order valence-electron chi connectivity index (χ0n) is 21.0. The normalized spacial score (nSPS) is 12.0. The molecule has 1 aromatic heterocycles. The van der Waals surface area contributed by atoms with Gasteiger partial charge in [-0.1, -0.05) is 61.3 Å². The van der Waals surface area contributed by atoms with Crippen LogP contribution in [0.4, 0.5) is 10.5 Å². The van der Waals surface area contributed by atoms with E-state index >= 15 is 0 Å². The highest BCUT2D eigenvalue weighted by Gasteiger charge is 2.28. The lowest BCUT2D eigenvalue weighted by molar-refractivity contribution is 0.179. The molecule has 0 saturated carbocycles. The summed E-state index contributed by atoms with van der Waals surface area (Å²) in [6.45, 7) is 6.30. The van der Waals surface area contributed by atoms with Crippen LogP contribution in [0.2, 0.25) is 10.0 Å². The maximum Gasteiger partial charge on any atom is 0.322 e. The van der Waals surface area contributed by atoms with Crippen LogP contribution in [0.15, 0.2) is 71.5 Å². The van der Waals surface area contributed by atoms with Crippen LogP contribution in [0.3, 0.4) is 0 Å². The van der Waals surface area contributed by atoms with Crippen molar-refractivity contribution in [2.75, 3.05) is 19.0 Å². The van der Waals surface area contributed by atoms with E-state index in [4.69, 9.17) is 32.9 Å². The first-order chi connectivity index (χ1) is 17.7. The van der Waals surface area contributed by atoms with Gasteiger partial charge in [-0.05, 0) is 55.3 Å². The molecule has 37 heavy (non-hydrogen) atoms. The molecular weight excluding hydrogens is 511 g/mol. The molecule has 1 N–H and O–H groups in total. The number of methoxy groups -OCH3 is 1. The van der Waals surface area contributed by atoms with E-state index in [9.17, 15) is 9.59 Å². The molecule has 0 aliphatic rings. The van der Waals surface area contributed by atoms with Crippen LogP contribution in [-0.4, -0.2) is 34.1 Å². The van der Waals surface area contributed by atoms with E-state index in [0.717, 1.165) is 0 Å². The van der Waals surface area contributed by atoms with Crippen LogP contribution in [0.1, 0.15) is 32.6 Å². The van der Waals surface area contributed by atoms with Crippen LogP contribution in [-0.2, 0) is 0 Å². The molecule has 1 atom stereocenters. The average molecular weight is 539 g/mol. The Morgan fingerprint density at radius 3 is 2.46 bits per heavy atom. The van der Waals surface area contributed by atoms with Crippen molar-refractivity contribution in [3.05, 3.63) is 93.0 Å². The van der Waals surface area contributed by atoms with Gasteiger partial charge in [-0.15, -0.1) is 0 Å². The molecule has 3 aromatic carbocycles. The second kappa shape index (κ2) is 11.2. The maximum absolute atomic E-state index is 13.8. The van der Waals surface area contributed by atoms with Crippen molar-refractivity contribution in [2.45, 2.75) is 26.8 Å². The quantitative estimate of drug-likeness (QED) is 0.276. The Bertz CT molecular complexity index is 1500. The number of hydrogen-bond donors (Lipinski definition) is 1. The lowest BCUT2D eigenvalue weighted by atomic mass is 10.1. The second-order valence-corrected chi connectivity index (χ2v) is 9.92. The molecule has 0 aliphatic heterocycles. The van der Waals surface area contributed by atoms with Gasteiger partial charge in [0, 0.05) is 11.6 Å². The number of fused-ring (bicyclic) bond motifs is 1. The summed E-state index contributed by atoms with van der Waals surface area (Å²) in [5, 5.41) is 4.15. The van der Waals surface area contributed by atoms with Gasteiger partial charge in [0.05, 0.1) is 40.5 Å². The van der Waals surface area contributed by atoms with E-state index in [0.29, 0.717) is 50.4 Å². The van der Waals surface area contributed by atoms with Crippen LogP contribution in [0.25, 0.3) is 16.6 Å². The summed E-state index contributed by atoms with van der Waals surface area (Å²) in [5.41, 5.74) is 1.28. The number of hydrogen-bond acceptors (Lipinski definition) is 4. The summed E-state index contributed by atoms with van der Waals surface area (Å²) in [6, 6.07) is 18.3. The van der Waals surface area contributed by atoms with Gasteiger partial charge in [0.2, 0.25) is 0 Å². The summed E-state index contributed by atoms with van der Waals surface area (Å²) in [5.74, 6) is 1.06. The number of halogens is 2. The number of nitrogens with zero attached hydrogens (tertiary/aromatic N) is 3. The monoisotopic (exact) mass is 538 g/mol. The molecule has 4 aromatic rings. The predicted octanol–water partition coefficient (Wildman–Crippen LogP) is 6.95. The molecule has 0 radical (unpaired) electrons. The van der Waals surface area contributed by atoms with Crippen molar-refractivity contribution < 1.29 is 9.53 Å². The molecule has 0 saturated heterocycles. The van der Waals surface area contributed by atoms with E-state index in [1.54, 1.807) is 60.5 Å². The van der Waals surface area contributed by atoms with Crippen LogP contribution < -0.4 is 15.6 Å². The van der Waals surface area contributed by atoms with Gasteiger partial charge in [0.25, 0.3) is 5.56 Å². The highest BCUT2D eigenvalue weighted by molar-refractivity contribution is 6.36. The third kappa shape index (κ3) is 5.58. The standard InChI is InChI=1S/C28H28Cl2N4O3/c1-17(2)16-33(28(36)32-23-14-13-19(29)15-21(23)30)18(3)26-31-22-10-6-5-9-20(22)27(35)34(26)24-11-7-8-12-25(24)37-4/h5-15,17-18H,16H2,1-4H3,(H,32,36). The lowest BCUT2D eigenvalue weighted by Gasteiger charge is -2.32. The van der Waals surface area contributed by atoms with Crippen LogP contribution in [0.5, 0.6) is 5.75 Å². The first-order valence-corrected chi connectivity index (χ1v) is 12.6. The van der Waals surface area contributed by atoms with Gasteiger partial charge in [-0.25, -0.2) is 9.78 Å². The Balaban J connectivity index is 1.87. The molecule has 1 heterocycles. The van der Waals surface area contributed by atoms with Gasteiger partial charge in [0.1, 0.15) is 11.6 Å². The number of ether oxygens (including phenoxy) is 1. The van der Waals surface area contributed by atoms with Gasteiger partial charge in [-0.3, -0.25) is 9.36 Å². The number of rotatable bonds is 7. The summed E-state index contributed by atoms with van der Waals surface area (Å²) in [7, 11) is 1.55. The molecular formula is C28H28Cl2N4O3. The molecule has 0 spiro atoms. The number of carbonyl (C=O) groups is 1. The minimum absolute atomic E-state index is 0.140. The van der Waals surface area contributed by atoms with Crippen LogP contribution in [0, 0.1) is 5.92 Å². The number of anilines is 1. The van der Waals surface area contributed by atoms with Gasteiger partial charge >= 0.3 is 6.03 Å². The molecule has 4 rings (SSSR count). The van der Waals surface area contributed by atoms with Crippen molar-refractivity contribution >= 4 is 45.8 Å². The number of benzene rings is 3. The van der Waals surface area contributed by atoms with Crippen molar-refractivity contribution in [3.63, 3.8) is 0 Å². The Hall–Kier alpha value is -3.55. The smallest absolute Gasteiger partial charge is 0.322 e. The fraction of sp³-hybridized carbons (Fsp3) is 0.250. The third-order valence-corrected chi connectivity index (χ3v) is 6.51. The highest BCUT2D eigenvalue weighted by Crippen LogP contribution is 2.30. The highest BCUT2D eigenvalue weighted by atomic mass is 35.5. The number of urea groups is 1. The fourth-order valence-electron chi connectivity index (χ4n) is 4.20. The molecule has 9 heteroatoms. The van der Waals surface area contributed by atoms with Crippen molar-refractivity contribution in [1.29, 1.82) is 0 Å². The molecule has 0 bridgehead atoms. The topological polar surface area (TPSA) is 76.5 Å². The van der Waals surface area contributed by atoms with Crippen molar-refractivity contribution in [2.24, 2.45) is 5.92 Å². The lowest BCUT2D eigenvalue weighted by Crippen LogP contribution is -2.41. The largest absolute Gasteiger partial charge is 0.495 e. The van der Waals surface area contributed by atoms with E-state index in [1.807, 2.05) is 39.0 Å². The first-order valence-electron chi connectivity index (χ1n) is 11.9. The predicted molar refractivity (Wildman–Crippen MR) is 149 cm³/mol. The SMILES string of the molecule is COc1ccccc1-n1c(C(C)N(CC(C)C)C(=O)Nc2ccc(Cl)cc2Cl)nc2ccccc2c1=O. The van der Waals surface area contributed by atoms with E-state index in [-0.39, 0.29) is 17.5 Å². The summed E-state index contributed by atoms with van der Waals surface area (Å²) >= 11 is 12.3. The Morgan fingerprint density at radius 2 is 1.76 bits per heavy atom. The zero-order valence-corrected chi connectivity index (χ0v) is 22.5. The first kappa shape index (κ1) is 26.5. The van der Waals surface area contributed by atoms with Gasteiger partial charge in [-0.2, -0.15) is 0 Å². The van der Waals surface area contributed by atoms with E-state index < -0.39 is 6.04 Å². The second-order valence-electron chi connectivity index (χ2n) is 9.08. The number of nitrogens with one attached hydrogen (secondary N) is 1. The average Bonchev–Trinajstić information content (AvgIpc) is 2.88. The molecule has 7 nitrogen and oxygen atoms in total. The molecule has 0 aliphatic carbocycles. The molecule has 192 valence electrons. The van der Waals surface area contributed by atoms with Gasteiger partial charge in [0.15, 0.2) is 0 Å². The molecule has 0 fully saturated rings. The zero-order chi connectivity index (χ0) is 26.7. The Morgan fingerprint density at radius 1 is 1.05 bits per heavy atom. The number of carbonyl (C=O) groups excluding carboxylic acids is 1. The maximum atomic E-state index is 13.8. The minimum atomic E-state index is -0.587. The molecule has 1 unspecified atom stereocenters. The van der Waals surface area contributed by atoms with Crippen molar-refractivity contribution in [1.82, 2.24) is 14.5 Å². The van der Waals surface area contributed by atoms with E-state index in [1.165, 1.54) is 4.57 Å². The Labute approximate surface area is 225 Å². The third-order valence-electron chi connectivity index (χ3n) is 5.96. The minimum Gasteiger partial charge on any atom is -0.495 e. The van der Waals surface area contributed by atoms with Crippen LogP contribution >= 0.6 is 23.2 Å². The number of aromatic nitrogens is 2. The number of para-hydroxylation sites is 3.